The molecule has 2 rings (SSSR count). The Kier molecular flexibility index (Phi) is 33.4. The van der Waals surface area contributed by atoms with Crippen molar-refractivity contribution in [1.82, 2.24) is 5.32 Å². The number of carbonyl (C=O) groups excluding carboxylic acids is 1. The van der Waals surface area contributed by atoms with Crippen LogP contribution in [0.15, 0.2) is 24.3 Å². The zero-order valence-corrected chi connectivity index (χ0v) is 39.1. The summed E-state index contributed by atoms with van der Waals surface area (Å²) < 4.78 is 22.6. The summed E-state index contributed by atoms with van der Waals surface area (Å²) in [4.78, 5) is 13.1. The van der Waals surface area contributed by atoms with Crippen LogP contribution in [0.4, 0.5) is 0 Å². The molecule has 9 N–H and O–H groups in total. The highest BCUT2D eigenvalue weighted by Crippen LogP contribution is 2.30. The number of hydrogen-bond donors (Lipinski definition) is 9. The summed E-state index contributed by atoms with van der Waals surface area (Å²) >= 11 is 0. The van der Waals surface area contributed by atoms with Crippen LogP contribution in [0.3, 0.4) is 0 Å². The highest BCUT2D eigenvalue weighted by atomic mass is 16.7. The molecule has 0 aromatic heterocycles. The maximum Gasteiger partial charge on any atom is 0.220 e. The van der Waals surface area contributed by atoms with Gasteiger partial charge in [0, 0.05) is 6.42 Å². The van der Waals surface area contributed by atoms with E-state index in [4.69, 9.17) is 18.9 Å². The van der Waals surface area contributed by atoms with E-state index in [1.807, 2.05) is 6.08 Å². The van der Waals surface area contributed by atoms with E-state index >= 15 is 0 Å². The first-order valence-corrected chi connectivity index (χ1v) is 25.1. The average Bonchev–Trinajstić information content (AvgIpc) is 3.28. The molecular formula is C49H91NO13. The molecule has 14 nitrogen and oxygen atoms in total. The van der Waals surface area contributed by atoms with Gasteiger partial charge in [-0.15, -0.1) is 0 Å². The monoisotopic (exact) mass is 902 g/mol. The van der Waals surface area contributed by atoms with Crippen LogP contribution in [0, 0.1) is 0 Å². The molecular weight excluding hydrogens is 811 g/mol. The van der Waals surface area contributed by atoms with E-state index in [1.54, 1.807) is 6.08 Å². The van der Waals surface area contributed by atoms with Crippen LogP contribution in [0.1, 0.15) is 187 Å². The van der Waals surface area contributed by atoms with Gasteiger partial charge >= 0.3 is 0 Å². The van der Waals surface area contributed by atoms with Crippen LogP contribution in [0.25, 0.3) is 0 Å². The van der Waals surface area contributed by atoms with Gasteiger partial charge in [0.15, 0.2) is 12.6 Å². The second-order valence-corrected chi connectivity index (χ2v) is 17.9. The lowest BCUT2D eigenvalue weighted by atomic mass is 9.97. The Bertz CT molecular complexity index is 1160. The molecule has 2 fully saturated rings. The summed E-state index contributed by atoms with van der Waals surface area (Å²) in [5.74, 6) is -0.250. The van der Waals surface area contributed by atoms with Gasteiger partial charge in [0.25, 0.3) is 0 Å². The van der Waals surface area contributed by atoms with Gasteiger partial charge in [-0.1, -0.05) is 173 Å². The van der Waals surface area contributed by atoms with Crippen LogP contribution in [-0.2, 0) is 23.7 Å². The van der Waals surface area contributed by atoms with Gasteiger partial charge in [-0.25, -0.2) is 0 Å². The minimum atomic E-state index is -1.79. The molecule has 1 amide bonds. The lowest BCUT2D eigenvalue weighted by Crippen LogP contribution is -2.65. The fourth-order valence-electron chi connectivity index (χ4n) is 8.25. The van der Waals surface area contributed by atoms with Crippen LogP contribution >= 0.6 is 0 Å². The second kappa shape index (κ2) is 36.6. The van der Waals surface area contributed by atoms with Crippen molar-refractivity contribution < 1.29 is 64.6 Å². The summed E-state index contributed by atoms with van der Waals surface area (Å²) in [6.07, 6.45) is 22.4. The minimum absolute atomic E-state index is 0.250. The molecule has 0 bridgehead atoms. The van der Waals surface area contributed by atoms with E-state index in [0.29, 0.717) is 12.8 Å². The van der Waals surface area contributed by atoms with Gasteiger partial charge in [-0.2, -0.15) is 0 Å². The molecule has 370 valence electrons. The molecule has 0 aromatic rings. The first-order chi connectivity index (χ1) is 30.6. The number of hydrogen-bond acceptors (Lipinski definition) is 13. The smallest absolute Gasteiger partial charge is 0.220 e. The Balaban J connectivity index is 1.81. The van der Waals surface area contributed by atoms with Crippen molar-refractivity contribution in [2.24, 2.45) is 0 Å². The first-order valence-electron chi connectivity index (χ1n) is 25.1. The van der Waals surface area contributed by atoms with E-state index < -0.39 is 86.8 Å². The number of rotatable bonds is 38. The number of carbonyl (C=O) groups is 1. The molecule has 0 saturated carbocycles. The number of unbranched alkanes of at least 4 members (excludes halogenated alkanes) is 23. The molecule has 14 heteroatoms. The topological polar surface area (TPSA) is 228 Å². The van der Waals surface area contributed by atoms with Gasteiger partial charge in [0.2, 0.25) is 5.91 Å². The van der Waals surface area contributed by atoms with Crippen LogP contribution in [-0.4, -0.2) is 140 Å². The zero-order valence-electron chi connectivity index (χ0n) is 39.1. The van der Waals surface area contributed by atoms with E-state index in [9.17, 15) is 45.6 Å². The van der Waals surface area contributed by atoms with Gasteiger partial charge in [-0.05, 0) is 32.1 Å². The highest BCUT2D eigenvalue weighted by Gasteiger charge is 2.51. The number of aliphatic hydroxyl groups is 8. The van der Waals surface area contributed by atoms with Crippen molar-refractivity contribution in [3.63, 3.8) is 0 Å². The molecule has 0 aliphatic carbocycles. The standard InChI is InChI=1S/C49H91NO13/c1-3-5-7-9-11-13-15-16-17-18-19-20-21-22-23-25-27-29-31-33-41(54)50-37(38(53)32-30-28-26-24-14-12-10-8-6-4-2)36-60-48-46(59)44(57)47(40(35-52)62-48)63-49-45(58)43(56)42(55)39(34-51)61-49/h14,24,30,32,37-40,42-49,51-53,55-59H,3-13,15-23,25-29,31,33-36H2,1-2H3,(H,50,54)/b24-14+,32-30+. The van der Waals surface area contributed by atoms with Crippen molar-refractivity contribution in [3.05, 3.63) is 24.3 Å². The largest absolute Gasteiger partial charge is 0.394 e. The second-order valence-electron chi connectivity index (χ2n) is 17.9. The number of aliphatic hydroxyl groups excluding tert-OH is 8. The maximum atomic E-state index is 13.1. The number of ether oxygens (including phenoxy) is 4. The molecule has 0 aromatic carbocycles. The third-order valence-electron chi connectivity index (χ3n) is 12.4. The Labute approximate surface area is 379 Å². The maximum absolute atomic E-state index is 13.1. The summed E-state index contributed by atoms with van der Waals surface area (Å²) in [5.41, 5.74) is 0. The summed E-state index contributed by atoms with van der Waals surface area (Å²) in [5, 5.41) is 86.5. The zero-order chi connectivity index (χ0) is 46.1. The third kappa shape index (κ3) is 24.2. The van der Waals surface area contributed by atoms with Gasteiger partial charge in [0.05, 0.1) is 32.0 Å². The van der Waals surface area contributed by atoms with Crippen LogP contribution in [0.5, 0.6) is 0 Å². The van der Waals surface area contributed by atoms with Crippen molar-refractivity contribution in [2.45, 2.75) is 261 Å². The Morgan fingerprint density at radius 3 is 1.56 bits per heavy atom. The lowest BCUT2D eigenvalue weighted by Gasteiger charge is -2.46. The van der Waals surface area contributed by atoms with Crippen molar-refractivity contribution >= 4 is 5.91 Å². The van der Waals surface area contributed by atoms with Gasteiger partial charge < -0.3 is 65.1 Å². The molecule has 2 saturated heterocycles. The predicted octanol–water partition coefficient (Wildman–Crippen LogP) is 6.16. The van der Waals surface area contributed by atoms with E-state index in [0.717, 1.165) is 32.1 Å². The van der Waals surface area contributed by atoms with Crippen molar-refractivity contribution in [2.75, 3.05) is 19.8 Å². The Hall–Kier alpha value is -1.53. The molecule has 0 radical (unpaired) electrons. The van der Waals surface area contributed by atoms with E-state index in [2.05, 4.69) is 31.3 Å². The molecule has 0 spiro atoms. The average molecular weight is 902 g/mol. The van der Waals surface area contributed by atoms with Crippen molar-refractivity contribution in [3.8, 4) is 0 Å². The molecule has 2 heterocycles. The minimum Gasteiger partial charge on any atom is -0.394 e. The first kappa shape index (κ1) is 57.6. The summed E-state index contributed by atoms with van der Waals surface area (Å²) in [6, 6.07) is -0.924. The predicted molar refractivity (Wildman–Crippen MR) is 245 cm³/mol. The van der Waals surface area contributed by atoms with E-state index in [-0.39, 0.29) is 18.9 Å². The quantitative estimate of drug-likeness (QED) is 0.0250. The normalized spacial score (nSPS) is 27.7. The lowest BCUT2D eigenvalue weighted by molar-refractivity contribution is -0.359. The fourth-order valence-corrected chi connectivity index (χ4v) is 8.25. The van der Waals surface area contributed by atoms with Gasteiger partial charge in [-0.3, -0.25) is 4.79 Å². The number of allylic oxidation sites excluding steroid dienone is 3. The Morgan fingerprint density at radius 2 is 1.02 bits per heavy atom. The SMILES string of the molecule is CCCCCC/C=C/CC/C=C/C(O)C(COC1OC(CO)C(OC2OC(CO)C(O)C(O)C2O)C(O)C1O)NC(=O)CCCCCCCCCCCCCCCCCCCCC. The van der Waals surface area contributed by atoms with Crippen LogP contribution < -0.4 is 5.32 Å². The fraction of sp³-hybridized carbons (Fsp3) is 0.898. The molecule has 12 atom stereocenters. The number of nitrogens with one attached hydrogen (secondary N) is 1. The number of amides is 1. The molecule has 2 aliphatic heterocycles. The van der Waals surface area contributed by atoms with Crippen LogP contribution in [0.2, 0.25) is 0 Å². The molecule has 12 unspecified atom stereocenters. The summed E-state index contributed by atoms with van der Waals surface area (Å²) in [7, 11) is 0. The highest BCUT2D eigenvalue weighted by molar-refractivity contribution is 5.76. The molecule has 2 aliphatic rings. The van der Waals surface area contributed by atoms with Crippen molar-refractivity contribution in [1.29, 1.82) is 0 Å². The van der Waals surface area contributed by atoms with E-state index in [1.165, 1.54) is 122 Å². The van der Waals surface area contributed by atoms with Gasteiger partial charge in [0.1, 0.15) is 48.8 Å². The molecule has 63 heavy (non-hydrogen) atoms. The Morgan fingerprint density at radius 1 is 0.556 bits per heavy atom. The third-order valence-corrected chi connectivity index (χ3v) is 12.4. The summed E-state index contributed by atoms with van der Waals surface area (Å²) in [6.45, 7) is 2.73.